The van der Waals surface area contributed by atoms with E-state index >= 15 is 0 Å². The standard InChI is InChI=1S/C12H22N2O/c1-4-10-13-9(3)11(15)14(10)8-12(5-2)6-7-12/h9-10,13H,4-8H2,1-3H3. The Kier molecular flexibility index (Phi) is 2.75. The number of hydrogen-bond acceptors (Lipinski definition) is 2. The van der Waals surface area contributed by atoms with Crippen molar-refractivity contribution in [1.29, 1.82) is 0 Å². The number of nitrogens with zero attached hydrogens (tertiary/aromatic N) is 1. The minimum Gasteiger partial charge on any atom is -0.325 e. The summed E-state index contributed by atoms with van der Waals surface area (Å²) in [5, 5.41) is 3.35. The molecule has 2 aliphatic rings. The molecule has 0 bridgehead atoms. The Balaban J connectivity index is 2.03. The van der Waals surface area contributed by atoms with Crippen molar-refractivity contribution < 1.29 is 4.79 Å². The molecule has 1 heterocycles. The Bertz CT molecular complexity index is 260. The maximum absolute atomic E-state index is 12.0. The molecule has 2 fully saturated rings. The van der Waals surface area contributed by atoms with Crippen molar-refractivity contribution in [2.45, 2.75) is 58.7 Å². The molecule has 1 aliphatic heterocycles. The van der Waals surface area contributed by atoms with Crippen molar-refractivity contribution in [3.63, 3.8) is 0 Å². The van der Waals surface area contributed by atoms with Crippen LogP contribution in [0.4, 0.5) is 0 Å². The Hall–Kier alpha value is -0.570. The average Bonchev–Trinajstić information content (AvgIpc) is 2.97. The fourth-order valence-electron chi connectivity index (χ4n) is 2.54. The van der Waals surface area contributed by atoms with Crippen molar-refractivity contribution in [3.8, 4) is 0 Å². The van der Waals surface area contributed by atoms with Crippen LogP contribution in [0, 0.1) is 5.41 Å². The SMILES string of the molecule is CCC1NC(C)C(=O)N1CC1(CC)CC1. The molecule has 1 N–H and O–H groups in total. The Morgan fingerprint density at radius 2 is 2.13 bits per heavy atom. The van der Waals surface area contributed by atoms with Gasteiger partial charge in [-0.2, -0.15) is 0 Å². The molecule has 3 heteroatoms. The Morgan fingerprint density at radius 1 is 1.47 bits per heavy atom. The van der Waals surface area contributed by atoms with Gasteiger partial charge in [-0.15, -0.1) is 0 Å². The van der Waals surface area contributed by atoms with Gasteiger partial charge in [0.15, 0.2) is 0 Å². The molecule has 86 valence electrons. The van der Waals surface area contributed by atoms with Crippen LogP contribution >= 0.6 is 0 Å². The summed E-state index contributed by atoms with van der Waals surface area (Å²) in [5.74, 6) is 0.293. The second-order valence-corrected chi connectivity index (χ2v) is 5.13. The maximum Gasteiger partial charge on any atom is 0.240 e. The number of amides is 1. The largest absolute Gasteiger partial charge is 0.325 e. The number of carbonyl (C=O) groups excluding carboxylic acids is 1. The molecule has 0 aromatic rings. The second-order valence-electron chi connectivity index (χ2n) is 5.13. The van der Waals surface area contributed by atoms with E-state index in [1.165, 1.54) is 19.3 Å². The van der Waals surface area contributed by atoms with Crippen LogP contribution in [0.3, 0.4) is 0 Å². The first-order valence-corrected chi connectivity index (χ1v) is 6.18. The minimum atomic E-state index is 0.0163. The van der Waals surface area contributed by atoms with Gasteiger partial charge in [-0.05, 0) is 38.0 Å². The summed E-state index contributed by atoms with van der Waals surface area (Å²) in [4.78, 5) is 14.0. The zero-order valence-corrected chi connectivity index (χ0v) is 10.0. The van der Waals surface area contributed by atoms with Crippen LogP contribution in [-0.4, -0.2) is 29.6 Å². The number of rotatable bonds is 4. The predicted molar refractivity (Wildman–Crippen MR) is 60.3 cm³/mol. The molecule has 1 saturated carbocycles. The minimum absolute atomic E-state index is 0.0163. The van der Waals surface area contributed by atoms with Gasteiger partial charge >= 0.3 is 0 Å². The highest BCUT2D eigenvalue weighted by atomic mass is 16.2. The van der Waals surface area contributed by atoms with E-state index in [0.717, 1.165) is 13.0 Å². The average molecular weight is 210 g/mol. The van der Waals surface area contributed by atoms with Gasteiger partial charge in [0.2, 0.25) is 5.91 Å². The fourth-order valence-corrected chi connectivity index (χ4v) is 2.54. The van der Waals surface area contributed by atoms with E-state index in [9.17, 15) is 4.79 Å². The molecular weight excluding hydrogens is 188 g/mol. The summed E-state index contributed by atoms with van der Waals surface area (Å²) in [6, 6.07) is 0.0163. The molecule has 2 rings (SSSR count). The zero-order valence-electron chi connectivity index (χ0n) is 10.0. The Morgan fingerprint density at radius 3 is 2.60 bits per heavy atom. The third-order valence-electron chi connectivity index (χ3n) is 4.07. The molecule has 0 aromatic carbocycles. The fraction of sp³-hybridized carbons (Fsp3) is 0.917. The molecular formula is C12H22N2O. The van der Waals surface area contributed by atoms with Crippen molar-refractivity contribution in [2.24, 2.45) is 5.41 Å². The molecule has 15 heavy (non-hydrogen) atoms. The van der Waals surface area contributed by atoms with Crippen LogP contribution in [0.2, 0.25) is 0 Å². The second kappa shape index (κ2) is 3.78. The molecule has 1 amide bonds. The van der Waals surface area contributed by atoms with Crippen LogP contribution in [-0.2, 0) is 4.79 Å². The van der Waals surface area contributed by atoms with E-state index in [2.05, 4.69) is 24.1 Å². The summed E-state index contributed by atoms with van der Waals surface area (Å²) in [6.45, 7) is 7.32. The molecule has 3 nitrogen and oxygen atoms in total. The smallest absolute Gasteiger partial charge is 0.240 e. The van der Waals surface area contributed by atoms with Crippen molar-refractivity contribution in [2.75, 3.05) is 6.54 Å². The van der Waals surface area contributed by atoms with Gasteiger partial charge < -0.3 is 4.90 Å². The van der Waals surface area contributed by atoms with Gasteiger partial charge in [0.1, 0.15) is 0 Å². The summed E-state index contributed by atoms with van der Waals surface area (Å²) in [5.41, 5.74) is 0.467. The number of hydrogen-bond donors (Lipinski definition) is 1. The van der Waals surface area contributed by atoms with Crippen LogP contribution < -0.4 is 5.32 Å². The van der Waals surface area contributed by atoms with Gasteiger partial charge in [-0.3, -0.25) is 10.1 Å². The Labute approximate surface area is 92.2 Å². The van der Waals surface area contributed by atoms with Gasteiger partial charge in [0.05, 0.1) is 12.2 Å². The van der Waals surface area contributed by atoms with E-state index < -0.39 is 0 Å². The lowest BCUT2D eigenvalue weighted by atomic mass is 10.0. The normalized spacial score (nSPS) is 33.5. The monoisotopic (exact) mass is 210 g/mol. The molecule has 1 saturated heterocycles. The number of nitrogens with one attached hydrogen (secondary N) is 1. The van der Waals surface area contributed by atoms with Crippen LogP contribution in [0.5, 0.6) is 0 Å². The summed E-state index contributed by atoms with van der Waals surface area (Å²) >= 11 is 0. The topological polar surface area (TPSA) is 32.3 Å². The zero-order chi connectivity index (χ0) is 11.1. The van der Waals surface area contributed by atoms with Crippen LogP contribution in [0.15, 0.2) is 0 Å². The third kappa shape index (κ3) is 1.89. The highest BCUT2D eigenvalue weighted by molar-refractivity contribution is 5.84. The summed E-state index contributed by atoms with van der Waals surface area (Å²) in [7, 11) is 0. The maximum atomic E-state index is 12.0. The van der Waals surface area contributed by atoms with Crippen molar-refractivity contribution in [3.05, 3.63) is 0 Å². The lowest BCUT2D eigenvalue weighted by Crippen LogP contribution is -2.40. The molecule has 2 unspecified atom stereocenters. The lowest BCUT2D eigenvalue weighted by Gasteiger charge is -2.27. The van der Waals surface area contributed by atoms with Crippen molar-refractivity contribution in [1.82, 2.24) is 10.2 Å². The van der Waals surface area contributed by atoms with Crippen molar-refractivity contribution >= 4 is 5.91 Å². The van der Waals surface area contributed by atoms with E-state index in [1.807, 2.05) is 6.92 Å². The van der Waals surface area contributed by atoms with Crippen LogP contribution in [0.1, 0.15) is 46.5 Å². The summed E-state index contributed by atoms with van der Waals surface area (Å²) in [6.07, 6.45) is 5.10. The van der Waals surface area contributed by atoms with Crippen LogP contribution in [0.25, 0.3) is 0 Å². The van der Waals surface area contributed by atoms with Gasteiger partial charge in [0.25, 0.3) is 0 Å². The highest BCUT2D eigenvalue weighted by Gasteiger charge is 2.46. The molecule has 0 aromatic heterocycles. The first-order chi connectivity index (χ1) is 7.12. The first-order valence-electron chi connectivity index (χ1n) is 6.18. The van der Waals surface area contributed by atoms with Gasteiger partial charge in [-0.1, -0.05) is 13.8 Å². The van der Waals surface area contributed by atoms with E-state index in [-0.39, 0.29) is 12.2 Å². The third-order valence-corrected chi connectivity index (χ3v) is 4.07. The molecule has 1 aliphatic carbocycles. The summed E-state index contributed by atoms with van der Waals surface area (Å²) < 4.78 is 0. The highest BCUT2D eigenvalue weighted by Crippen LogP contribution is 2.49. The van der Waals surface area contributed by atoms with E-state index in [1.54, 1.807) is 0 Å². The molecule has 0 spiro atoms. The van der Waals surface area contributed by atoms with Gasteiger partial charge in [-0.25, -0.2) is 0 Å². The lowest BCUT2D eigenvalue weighted by molar-refractivity contribution is -0.130. The number of carbonyl (C=O) groups is 1. The molecule has 0 radical (unpaired) electrons. The predicted octanol–water partition coefficient (Wildman–Crippen LogP) is 1.73. The first kappa shape index (κ1) is 10.9. The quantitative estimate of drug-likeness (QED) is 0.766. The molecule has 2 atom stereocenters. The van der Waals surface area contributed by atoms with E-state index in [4.69, 9.17) is 0 Å². The van der Waals surface area contributed by atoms with E-state index in [0.29, 0.717) is 11.3 Å². The van der Waals surface area contributed by atoms with Gasteiger partial charge in [0, 0.05) is 6.54 Å².